The number of hydrogen-bond donors (Lipinski definition) is 1. The molecule has 0 aromatic carbocycles. The van der Waals surface area contributed by atoms with Crippen molar-refractivity contribution >= 4 is 23.1 Å². The third-order valence-corrected chi connectivity index (χ3v) is 6.15. The van der Waals surface area contributed by atoms with Gasteiger partial charge in [0.1, 0.15) is 5.15 Å². The molecule has 3 aromatic heterocycles. The van der Waals surface area contributed by atoms with Crippen molar-refractivity contribution in [2.24, 2.45) is 11.7 Å². The predicted octanol–water partition coefficient (Wildman–Crippen LogP) is 3.25. The maximum Gasteiger partial charge on any atom is 0.197 e. The minimum absolute atomic E-state index is 0.452. The zero-order valence-corrected chi connectivity index (χ0v) is 17.3. The standard InChI is InChI=1S/C21H25ClN6O/c1-13-18(15-6-7-24-17(22)10-15)28-21(25-13)19-16(5-3-9-29-19)20(26-28)27-8-2-4-14(11-23)12-27/h6-7,10,14H,2-5,8-9,11-12,23H2,1H3/t14-/m1/s1. The van der Waals surface area contributed by atoms with E-state index in [-0.39, 0.29) is 0 Å². The van der Waals surface area contributed by atoms with Gasteiger partial charge in [0.2, 0.25) is 0 Å². The van der Waals surface area contributed by atoms with E-state index in [1.54, 1.807) is 6.20 Å². The molecule has 0 unspecified atom stereocenters. The molecule has 1 fully saturated rings. The summed E-state index contributed by atoms with van der Waals surface area (Å²) in [6.07, 6.45) is 5.98. The van der Waals surface area contributed by atoms with Crippen LogP contribution in [-0.4, -0.2) is 45.8 Å². The van der Waals surface area contributed by atoms with E-state index >= 15 is 0 Å². The lowest BCUT2D eigenvalue weighted by Crippen LogP contribution is -2.40. The summed E-state index contributed by atoms with van der Waals surface area (Å²) >= 11 is 6.16. The maximum atomic E-state index is 6.16. The number of pyridine rings is 1. The lowest BCUT2D eigenvalue weighted by molar-refractivity contribution is 0.288. The first-order valence-corrected chi connectivity index (χ1v) is 10.7. The molecule has 1 atom stereocenters. The molecule has 152 valence electrons. The number of nitrogens with two attached hydrogens (primary N) is 1. The Hall–Kier alpha value is -2.38. The fraction of sp³-hybridized carbons (Fsp3) is 0.476. The maximum absolute atomic E-state index is 6.16. The van der Waals surface area contributed by atoms with Gasteiger partial charge >= 0.3 is 0 Å². The molecule has 5 rings (SSSR count). The van der Waals surface area contributed by atoms with E-state index in [1.165, 1.54) is 12.0 Å². The Bertz CT molecular complexity index is 1060. The van der Waals surface area contributed by atoms with Crippen LogP contribution < -0.4 is 15.4 Å². The molecule has 0 bridgehead atoms. The molecule has 2 N–H and O–H groups in total. The van der Waals surface area contributed by atoms with E-state index in [1.807, 2.05) is 23.6 Å². The van der Waals surface area contributed by atoms with Crippen molar-refractivity contribution < 1.29 is 4.74 Å². The molecule has 2 aliphatic heterocycles. The van der Waals surface area contributed by atoms with E-state index < -0.39 is 0 Å². The SMILES string of the molecule is Cc1nc2c3c(c(N4CCC[C@H](CN)C4)nn2c1-c1ccnc(Cl)c1)CCCO3. The number of hydrogen-bond acceptors (Lipinski definition) is 6. The second-order valence-corrected chi connectivity index (χ2v) is 8.31. The second-order valence-electron chi connectivity index (χ2n) is 7.92. The summed E-state index contributed by atoms with van der Waals surface area (Å²) in [5.74, 6) is 2.37. The monoisotopic (exact) mass is 412 g/mol. The lowest BCUT2D eigenvalue weighted by atomic mass is 9.97. The Morgan fingerprint density at radius 2 is 2.24 bits per heavy atom. The van der Waals surface area contributed by atoms with Crippen LogP contribution in [0.15, 0.2) is 18.3 Å². The highest BCUT2D eigenvalue weighted by Crippen LogP contribution is 2.39. The van der Waals surface area contributed by atoms with Gasteiger partial charge in [-0.15, -0.1) is 5.10 Å². The number of aryl methyl sites for hydroxylation is 1. The number of halogens is 1. The van der Waals surface area contributed by atoms with Crippen molar-refractivity contribution in [2.75, 3.05) is 31.1 Å². The first kappa shape index (κ1) is 18.6. The highest BCUT2D eigenvalue weighted by atomic mass is 35.5. The van der Waals surface area contributed by atoms with E-state index in [0.29, 0.717) is 24.2 Å². The smallest absolute Gasteiger partial charge is 0.197 e. The number of fused-ring (bicyclic) bond motifs is 3. The normalized spacial score (nSPS) is 19.3. The highest BCUT2D eigenvalue weighted by molar-refractivity contribution is 6.29. The molecule has 5 heterocycles. The first-order chi connectivity index (χ1) is 14.2. The summed E-state index contributed by atoms with van der Waals surface area (Å²) in [4.78, 5) is 11.3. The molecule has 0 radical (unpaired) electrons. The third-order valence-electron chi connectivity index (χ3n) is 5.94. The fourth-order valence-electron chi connectivity index (χ4n) is 4.54. The van der Waals surface area contributed by atoms with Gasteiger partial charge < -0.3 is 15.4 Å². The second kappa shape index (κ2) is 7.46. The molecule has 2 aliphatic rings. The van der Waals surface area contributed by atoms with Crippen molar-refractivity contribution in [3.8, 4) is 17.0 Å². The van der Waals surface area contributed by atoms with Gasteiger partial charge in [0.15, 0.2) is 17.2 Å². The Morgan fingerprint density at radius 1 is 1.34 bits per heavy atom. The number of imidazole rings is 1. The first-order valence-electron chi connectivity index (χ1n) is 10.3. The number of rotatable bonds is 3. The van der Waals surface area contributed by atoms with E-state index in [0.717, 1.165) is 66.5 Å². The molecule has 0 saturated carbocycles. The highest BCUT2D eigenvalue weighted by Gasteiger charge is 2.29. The van der Waals surface area contributed by atoms with Crippen LogP contribution in [0.4, 0.5) is 5.82 Å². The fourth-order valence-corrected chi connectivity index (χ4v) is 4.71. The Labute approximate surface area is 174 Å². The average Bonchev–Trinajstić information content (AvgIpc) is 3.09. The van der Waals surface area contributed by atoms with Gasteiger partial charge in [-0.3, -0.25) is 0 Å². The summed E-state index contributed by atoms with van der Waals surface area (Å²) in [5, 5.41) is 5.56. The molecular weight excluding hydrogens is 388 g/mol. The average molecular weight is 413 g/mol. The summed E-state index contributed by atoms with van der Waals surface area (Å²) in [6.45, 7) is 5.35. The van der Waals surface area contributed by atoms with Crippen LogP contribution in [0.1, 0.15) is 30.5 Å². The molecule has 0 spiro atoms. The van der Waals surface area contributed by atoms with Gasteiger partial charge in [0.25, 0.3) is 0 Å². The topological polar surface area (TPSA) is 81.6 Å². The number of aromatic nitrogens is 4. The van der Waals surface area contributed by atoms with E-state index in [4.69, 9.17) is 32.2 Å². The zero-order valence-electron chi connectivity index (χ0n) is 16.6. The van der Waals surface area contributed by atoms with Gasteiger partial charge in [-0.05, 0) is 57.2 Å². The van der Waals surface area contributed by atoms with Gasteiger partial charge in [0.05, 0.1) is 18.0 Å². The zero-order chi connectivity index (χ0) is 20.0. The number of ether oxygens (including phenoxy) is 1. The predicted molar refractivity (Wildman–Crippen MR) is 114 cm³/mol. The van der Waals surface area contributed by atoms with Crippen LogP contribution >= 0.6 is 11.6 Å². The van der Waals surface area contributed by atoms with Crippen molar-refractivity contribution in [2.45, 2.75) is 32.6 Å². The number of piperidine rings is 1. The van der Waals surface area contributed by atoms with E-state index in [9.17, 15) is 0 Å². The molecule has 29 heavy (non-hydrogen) atoms. The largest absolute Gasteiger partial charge is 0.489 e. The van der Waals surface area contributed by atoms with Crippen LogP contribution in [0.3, 0.4) is 0 Å². The molecule has 0 aliphatic carbocycles. The molecule has 1 saturated heterocycles. The third kappa shape index (κ3) is 3.22. The van der Waals surface area contributed by atoms with Crippen molar-refractivity contribution in [1.82, 2.24) is 19.6 Å². The summed E-state index contributed by atoms with van der Waals surface area (Å²) in [7, 11) is 0. The Balaban J connectivity index is 1.72. The molecule has 0 amide bonds. The molecule has 7 nitrogen and oxygen atoms in total. The number of nitrogens with zero attached hydrogens (tertiary/aromatic N) is 5. The summed E-state index contributed by atoms with van der Waals surface area (Å²) in [5.41, 5.74) is 10.7. The van der Waals surface area contributed by atoms with E-state index in [2.05, 4.69) is 9.88 Å². The minimum Gasteiger partial charge on any atom is -0.489 e. The lowest BCUT2D eigenvalue weighted by Gasteiger charge is -2.35. The minimum atomic E-state index is 0.452. The van der Waals surface area contributed by atoms with Gasteiger partial charge in [-0.25, -0.2) is 14.5 Å². The Morgan fingerprint density at radius 3 is 3.07 bits per heavy atom. The van der Waals surface area contributed by atoms with Crippen LogP contribution in [0, 0.1) is 12.8 Å². The van der Waals surface area contributed by atoms with Crippen molar-refractivity contribution in [1.29, 1.82) is 0 Å². The van der Waals surface area contributed by atoms with Gasteiger partial charge in [-0.1, -0.05) is 11.6 Å². The Kier molecular flexibility index (Phi) is 4.80. The molecular formula is C21H25ClN6O. The van der Waals surface area contributed by atoms with Crippen LogP contribution in [0.5, 0.6) is 5.75 Å². The van der Waals surface area contributed by atoms with Gasteiger partial charge in [-0.2, -0.15) is 0 Å². The van der Waals surface area contributed by atoms with Crippen LogP contribution in [0.25, 0.3) is 16.9 Å². The molecule has 3 aromatic rings. The van der Waals surface area contributed by atoms with Crippen LogP contribution in [0.2, 0.25) is 5.15 Å². The van der Waals surface area contributed by atoms with Crippen molar-refractivity contribution in [3.63, 3.8) is 0 Å². The van der Waals surface area contributed by atoms with Gasteiger partial charge in [0, 0.05) is 30.4 Å². The summed E-state index contributed by atoms with van der Waals surface area (Å²) in [6, 6.07) is 3.79. The number of anilines is 1. The quantitative estimate of drug-likeness (QED) is 0.665. The molecule has 8 heteroatoms. The van der Waals surface area contributed by atoms with Crippen LogP contribution in [-0.2, 0) is 6.42 Å². The van der Waals surface area contributed by atoms with Crippen molar-refractivity contribution in [3.05, 3.63) is 34.7 Å². The summed E-state index contributed by atoms with van der Waals surface area (Å²) < 4.78 is 8.06.